The lowest BCUT2D eigenvalue weighted by atomic mass is 10.1. The summed E-state index contributed by atoms with van der Waals surface area (Å²) < 4.78 is 35.1. The van der Waals surface area contributed by atoms with Gasteiger partial charge >= 0.3 is 13.8 Å². The fourth-order valence-corrected chi connectivity index (χ4v) is 7.19. The number of quaternary nitrogens is 1. The van der Waals surface area contributed by atoms with Crippen LogP contribution in [0.5, 0.6) is 0 Å². The SMILES string of the molecule is CC/C=C\C/C=C\C/C=C\C/C=C\C/C=C\CCCCCCCCOCC(COP(=O)(O)OCC[N+](C)(C)C)OC(=O)CCCCCCCCCC/C=C\C/C=C\C/C=C\C/C=C\CC. The fraction of sp³-hybridized carbons (Fsp3) is 0.661. The van der Waals surface area contributed by atoms with Gasteiger partial charge in [0.1, 0.15) is 19.3 Å². The van der Waals surface area contributed by atoms with E-state index in [9.17, 15) is 14.3 Å². The van der Waals surface area contributed by atoms with E-state index < -0.39 is 13.9 Å². The maximum atomic E-state index is 12.8. The molecule has 0 aromatic carbocycles. The Morgan fingerprint density at radius 3 is 1.26 bits per heavy atom. The zero-order chi connectivity index (χ0) is 47.6. The first-order chi connectivity index (χ1) is 31.6. The standard InChI is InChI=1S/C56H96NO7P/c1-6-8-10-12-14-16-18-20-22-24-26-28-30-32-34-36-38-40-42-44-46-48-51-61-53-55(54-63-65(59,60)62-52-50-57(3,4)5)64-56(58)49-47-45-43-41-39-37-35-33-31-29-27-25-23-21-19-17-15-13-11-9-7-2/h8-11,14-17,20-23,26-29,32,34,55H,6-7,12-13,18-19,24-25,30-31,33,35-54H2,1-5H3/p+1/b10-8-,11-9-,16-14-,17-15-,22-20-,23-21-,28-26-,29-27-,34-32-. The van der Waals surface area contributed by atoms with Crippen LogP contribution in [0, 0.1) is 0 Å². The average molecular weight is 927 g/mol. The van der Waals surface area contributed by atoms with Crippen LogP contribution in [0.25, 0.3) is 0 Å². The van der Waals surface area contributed by atoms with Crippen molar-refractivity contribution in [1.29, 1.82) is 0 Å². The molecule has 8 nitrogen and oxygen atoms in total. The number of rotatable bonds is 46. The number of allylic oxidation sites excluding steroid dienone is 18. The predicted octanol–water partition coefficient (Wildman–Crippen LogP) is 15.9. The highest BCUT2D eigenvalue weighted by Gasteiger charge is 2.26. The van der Waals surface area contributed by atoms with E-state index in [0.717, 1.165) is 109 Å². The molecule has 2 unspecified atom stereocenters. The summed E-state index contributed by atoms with van der Waals surface area (Å²) in [7, 11) is 1.63. The van der Waals surface area contributed by atoms with Crippen LogP contribution in [0.15, 0.2) is 109 Å². The van der Waals surface area contributed by atoms with Gasteiger partial charge in [-0.3, -0.25) is 13.8 Å². The molecular formula is C56H97NO7P+. The van der Waals surface area contributed by atoms with Crippen LogP contribution >= 0.6 is 7.82 Å². The molecule has 0 heterocycles. The van der Waals surface area contributed by atoms with Crippen molar-refractivity contribution in [2.75, 3.05) is 54.1 Å². The van der Waals surface area contributed by atoms with Crippen molar-refractivity contribution in [3.8, 4) is 0 Å². The molecule has 0 rings (SSSR count). The number of likely N-dealkylation sites (N-methyl/N-ethyl adjacent to an activating group) is 1. The Balaban J connectivity index is 4.23. The molecular weight excluding hydrogens is 830 g/mol. The van der Waals surface area contributed by atoms with Crippen LogP contribution in [0.4, 0.5) is 0 Å². The highest BCUT2D eigenvalue weighted by atomic mass is 31.2. The average Bonchev–Trinajstić information content (AvgIpc) is 3.27. The Labute approximate surface area is 400 Å². The van der Waals surface area contributed by atoms with Gasteiger partial charge < -0.3 is 18.9 Å². The molecule has 0 aliphatic rings. The van der Waals surface area contributed by atoms with Crippen molar-refractivity contribution in [2.45, 2.75) is 187 Å². The molecule has 372 valence electrons. The number of carbonyl (C=O) groups is 1. The van der Waals surface area contributed by atoms with Gasteiger partial charge in [-0.1, -0.05) is 187 Å². The van der Waals surface area contributed by atoms with Crippen LogP contribution in [0.2, 0.25) is 0 Å². The zero-order valence-electron chi connectivity index (χ0n) is 42.2. The van der Waals surface area contributed by atoms with E-state index in [1.165, 1.54) is 51.4 Å². The maximum Gasteiger partial charge on any atom is 0.472 e. The minimum atomic E-state index is -4.30. The van der Waals surface area contributed by atoms with E-state index in [2.05, 4.69) is 123 Å². The molecule has 0 aliphatic heterocycles. The van der Waals surface area contributed by atoms with E-state index in [4.69, 9.17) is 18.5 Å². The van der Waals surface area contributed by atoms with Gasteiger partial charge in [-0.05, 0) is 96.3 Å². The Hall–Kier alpha value is -2.84. The van der Waals surface area contributed by atoms with Crippen molar-refractivity contribution in [3.63, 3.8) is 0 Å². The highest BCUT2D eigenvalue weighted by Crippen LogP contribution is 2.43. The lowest BCUT2D eigenvalue weighted by Crippen LogP contribution is -2.37. The number of hydrogen-bond acceptors (Lipinski definition) is 6. The largest absolute Gasteiger partial charge is 0.472 e. The Kier molecular flexibility index (Phi) is 45.6. The predicted molar refractivity (Wildman–Crippen MR) is 279 cm³/mol. The van der Waals surface area contributed by atoms with Gasteiger partial charge in [0.15, 0.2) is 0 Å². The highest BCUT2D eigenvalue weighted by molar-refractivity contribution is 7.47. The third kappa shape index (κ3) is 52.0. The molecule has 0 saturated heterocycles. The van der Waals surface area contributed by atoms with Crippen molar-refractivity contribution in [2.24, 2.45) is 0 Å². The molecule has 0 aliphatic carbocycles. The van der Waals surface area contributed by atoms with Crippen LogP contribution in [0.3, 0.4) is 0 Å². The smallest absolute Gasteiger partial charge is 0.457 e. The lowest BCUT2D eigenvalue weighted by Gasteiger charge is -2.24. The van der Waals surface area contributed by atoms with E-state index in [-0.39, 0.29) is 25.8 Å². The summed E-state index contributed by atoms with van der Waals surface area (Å²) in [4.78, 5) is 23.0. The summed E-state index contributed by atoms with van der Waals surface area (Å²) >= 11 is 0. The van der Waals surface area contributed by atoms with Gasteiger partial charge in [0.25, 0.3) is 0 Å². The van der Waals surface area contributed by atoms with Crippen molar-refractivity contribution >= 4 is 13.8 Å². The minimum Gasteiger partial charge on any atom is -0.457 e. The monoisotopic (exact) mass is 927 g/mol. The molecule has 2 atom stereocenters. The summed E-state index contributed by atoms with van der Waals surface area (Å²) in [5.41, 5.74) is 0. The van der Waals surface area contributed by atoms with Gasteiger partial charge in [-0.2, -0.15) is 0 Å². The van der Waals surface area contributed by atoms with Gasteiger partial charge in [0.2, 0.25) is 0 Å². The van der Waals surface area contributed by atoms with Crippen molar-refractivity contribution in [1.82, 2.24) is 0 Å². The second-order valence-corrected chi connectivity index (χ2v) is 19.2. The molecule has 0 spiro atoms. The molecule has 0 saturated carbocycles. The first-order valence-electron chi connectivity index (χ1n) is 25.6. The number of unbranched alkanes of at least 4 members (excludes halogenated alkanes) is 14. The van der Waals surface area contributed by atoms with Crippen LogP contribution in [0.1, 0.15) is 181 Å². The summed E-state index contributed by atoms with van der Waals surface area (Å²) in [6.45, 7) is 5.33. The summed E-state index contributed by atoms with van der Waals surface area (Å²) in [5.74, 6) is -0.332. The number of carbonyl (C=O) groups excluding carboxylic acids is 1. The van der Waals surface area contributed by atoms with Crippen LogP contribution in [-0.4, -0.2) is 75.6 Å². The third-order valence-corrected chi connectivity index (χ3v) is 11.3. The molecule has 65 heavy (non-hydrogen) atoms. The second kappa shape index (κ2) is 47.6. The number of phosphoric ester groups is 1. The molecule has 0 aromatic rings. The van der Waals surface area contributed by atoms with E-state index >= 15 is 0 Å². The normalized spacial score (nSPS) is 14.5. The molecule has 0 fully saturated rings. The number of hydrogen-bond donors (Lipinski definition) is 1. The first kappa shape index (κ1) is 62.2. The molecule has 1 N–H and O–H groups in total. The third-order valence-electron chi connectivity index (χ3n) is 10.3. The number of esters is 1. The second-order valence-electron chi connectivity index (χ2n) is 17.8. The quantitative estimate of drug-likeness (QED) is 0.0214. The molecule has 0 radical (unpaired) electrons. The first-order valence-corrected chi connectivity index (χ1v) is 27.1. The van der Waals surface area contributed by atoms with Crippen molar-refractivity contribution in [3.05, 3.63) is 109 Å². The fourth-order valence-electron chi connectivity index (χ4n) is 6.45. The maximum absolute atomic E-state index is 12.8. The summed E-state index contributed by atoms with van der Waals surface area (Å²) in [6.07, 6.45) is 67.0. The number of phosphoric acid groups is 1. The Morgan fingerprint density at radius 1 is 0.477 bits per heavy atom. The Bertz CT molecular complexity index is 1400. The van der Waals surface area contributed by atoms with E-state index in [1.54, 1.807) is 0 Å². The van der Waals surface area contributed by atoms with Crippen LogP contribution in [-0.2, 0) is 27.9 Å². The lowest BCUT2D eigenvalue weighted by molar-refractivity contribution is -0.870. The number of nitrogens with zero attached hydrogens (tertiary/aromatic N) is 1. The molecule has 0 bridgehead atoms. The van der Waals surface area contributed by atoms with E-state index in [0.29, 0.717) is 24.1 Å². The Morgan fingerprint density at radius 2 is 0.846 bits per heavy atom. The van der Waals surface area contributed by atoms with Gasteiger partial charge in [0, 0.05) is 13.0 Å². The van der Waals surface area contributed by atoms with E-state index in [1.807, 2.05) is 21.1 Å². The van der Waals surface area contributed by atoms with Crippen molar-refractivity contribution < 1.29 is 37.3 Å². The van der Waals surface area contributed by atoms with Gasteiger partial charge in [0.05, 0.1) is 34.4 Å². The van der Waals surface area contributed by atoms with Gasteiger partial charge in [-0.25, -0.2) is 4.57 Å². The molecule has 0 aromatic heterocycles. The summed E-state index contributed by atoms with van der Waals surface area (Å²) in [6, 6.07) is 0. The molecule has 0 amide bonds. The topological polar surface area (TPSA) is 91.3 Å². The molecule has 9 heteroatoms. The number of ether oxygens (including phenoxy) is 2. The van der Waals surface area contributed by atoms with Crippen LogP contribution < -0.4 is 0 Å². The minimum absolute atomic E-state index is 0.0770. The summed E-state index contributed by atoms with van der Waals surface area (Å²) in [5, 5.41) is 0. The zero-order valence-corrected chi connectivity index (χ0v) is 43.1. The van der Waals surface area contributed by atoms with Gasteiger partial charge in [-0.15, -0.1) is 0 Å².